The quantitative estimate of drug-likeness (QED) is 0.467. The van der Waals surface area contributed by atoms with Gasteiger partial charge in [-0.2, -0.15) is 5.10 Å². The maximum absolute atomic E-state index is 3.79. The van der Waals surface area contributed by atoms with E-state index in [9.17, 15) is 0 Å². The summed E-state index contributed by atoms with van der Waals surface area (Å²) in [7, 11) is 0. The lowest BCUT2D eigenvalue weighted by Crippen LogP contribution is -1.99. The van der Waals surface area contributed by atoms with Crippen molar-refractivity contribution in [2.45, 2.75) is 6.92 Å². The van der Waals surface area contributed by atoms with Crippen LogP contribution in [0.4, 0.5) is 0 Å². The van der Waals surface area contributed by atoms with Crippen LogP contribution in [0.5, 0.6) is 0 Å². The van der Waals surface area contributed by atoms with Gasteiger partial charge in [-0.1, -0.05) is 6.08 Å². The molecule has 0 aromatic heterocycles. The summed E-state index contributed by atoms with van der Waals surface area (Å²) in [4.78, 5) is 0. The molecule has 0 atom stereocenters. The first-order valence-corrected chi connectivity index (χ1v) is 2.34. The minimum atomic E-state index is 0.899. The Morgan fingerprint density at radius 3 is 3.14 bits per heavy atom. The number of hydrogen-bond acceptors (Lipinski definition) is 2. The standard InChI is InChI=1S/C5H8N2/c1-2-5-3-6-7-4-5/h2-3,7H,4H2,1H3/b5-2-. The van der Waals surface area contributed by atoms with Crippen molar-refractivity contribution in [3.05, 3.63) is 11.6 Å². The molecule has 0 saturated carbocycles. The third-order valence-electron chi connectivity index (χ3n) is 0.976. The van der Waals surface area contributed by atoms with Gasteiger partial charge in [-0.3, -0.25) is 0 Å². The van der Waals surface area contributed by atoms with Crippen LogP contribution in [0, 0.1) is 0 Å². The van der Waals surface area contributed by atoms with Gasteiger partial charge in [0, 0.05) is 0 Å². The Bertz CT molecular complexity index is 110. The van der Waals surface area contributed by atoms with Crippen LogP contribution in [0.3, 0.4) is 0 Å². The zero-order valence-electron chi connectivity index (χ0n) is 4.31. The molecule has 0 fully saturated rings. The third kappa shape index (κ3) is 0.796. The van der Waals surface area contributed by atoms with Gasteiger partial charge in [0.15, 0.2) is 0 Å². The fourth-order valence-electron chi connectivity index (χ4n) is 0.488. The highest BCUT2D eigenvalue weighted by Gasteiger charge is 1.93. The Balaban J connectivity index is 2.59. The van der Waals surface area contributed by atoms with Gasteiger partial charge in [0.05, 0.1) is 12.8 Å². The second kappa shape index (κ2) is 1.78. The number of nitrogens with one attached hydrogen (secondary N) is 1. The monoisotopic (exact) mass is 96.1 g/mol. The molecule has 1 N–H and O–H groups in total. The van der Waals surface area contributed by atoms with Crippen LogP contribution < -0.4 is 5.43 Å². The molecule has 1 heterocycles. The Morgan fingerprint density at radius 1 is 2.00 bits per heavy atom. The van der Waals surface area contributed by atoms with Crippen molar-refractivity contribution in [1.82, 2.24) is 5.43 Å². The molecule has 0 aromatic rings. The first-order valence-electron chi connectivity index (χ1n) is 2.34. The lowest BCUT2D eigenvalue weighted by molar-refractivity contribution is 0.855. The predicted molar refractivity (Wildman–Crippen MR) is 30.3 cm³/mol. The highest BCUT2D eigenvalue weighted by Crippen LogP contribution is 1.91. The zero-order chi connectivity index (χ0) is 5.11. The molecule has 1 aliphatic rings. The van der Waals surface area contributed by atoms with E-state index in [0.29, 0.717) is 0 Å². The largest absolute Gasteiger partial charge is 0.306 e. The van der Waals surface area contributed by atoms with Gasteiger partial charge in [-0.05, 0) is 12.5 Å². The summed E-state index contributed by atoms with van der Waals surface area (Å²) < 4.78 is 0. The van der Waals surface area contributed by atoms with Crippen LogP contribution in [-0.4, -0.2) is 12.8 Å². The Morgan fingerprint density at radius 2 is 2.86 bits per heavy atom. The molecular weight excluding hydrogens is 88.1 g/mol. The fourth-order valence-corrected chi connectivity index (χ4v) is 0.488. The molecule has 7 heavy (non-hydrogen) atoms. The molecule has 1 rings (SSSR count). The summed E-state index contributed by atoms with van der Waals surface area (Å²) in [6, 6.07) is 0. The van der Waals surface area contributed by atoms with E-state index >= 15 is 0 Å². The molecule has 2 nitrogen and oxygen atoms in total. The minimum absolute atomic E-state index is 0.899. The van der Waals surface area contributed by atoms with Crippen molar-refractivity contribution in [3.8, 4) is 0 Å². The Hall–Kier alpha value is -0.790. The number of nitrogens with zero attached hydrogens (tertiary/aromatic N) is 1. The Kier molecular flexibility index (Phi) is 1.11. The zero-order valence-corrected chi connectivity index (χ0v) is 4.31. The average Bonchev–Trinajstić information content (AvgIpc) is 2.14. The first-order chi connectivity index (χ1) is 3.43. The summed E-state index contributed by atoms with van der Waals surface area (Å²) in [6.07, 6.45) is 3.88. The van der Waals surface area contributed by atoms with E-state index in [1.165, 1.54) is 5.57 Å². The van der Waals surface area contributed by atoms with Crippen molar-refractivity contribution in [2.24, 2.45) is 5.10 Å². The molecule has 0 aliphatic carbocycles. The predicted octanol–water partition coefficient (Wildman–Crippen LogP) is 0.522. The number of hydrazone groups is 1. The van der Waals surface area contributed by atoms with Crippen LogP contribution in [0.15, 0.2) is 16.8 Å². The van der Waals surface area contributed by atoms with Crippen LogP contribution in [0.1, 0.15) is 6.92 Å². The SMILES string of the molecule is C/C=C1/C=NNC1. The average molecular weight is 96.1 g/mol. The maximum atomic E-state index is 3.79. The fraction of sp³-hybridized carbons (Fsp3) is 0.400. The molecular formula is C5H8N2. The van der Waals surface area contributed by atoms with E-state index in [2.05, 4.69) is 10.5 Å². The van der Waals surface area contributed by atoms with E-state index < -0.39 is 0 Å². The van der Waals surface area contributed by atoms with Gasteiger partial charge >= 0.3 is 0 Å². The Labute approximate surface area is 42.9 Å². The summed E-state index contributed by atoms with van der Waals surface area (Å²) in [6.45, 7) is 2.91. The van der Waals surface area contributed by atoms with Gasteiger partial charge in [0.1, 0.15) is 0 Å². The summed E-state index contributed by atoms with van der Waals surface area (Å²) in [5.41, 5.74) is 4.09. The second-order valence-corrected chi connectivity index (χ2v) is 1.46. The van der Waals surface area contributed by atoms with Crippen LogP contribution in [0.2, 0.25) is 0 Å². The molecule has 2 heteroatoms. The molecule has 0 saturated heterocycles. The summed E-state index contributed by atoms with van der Waals surface area (Å²) in [5, 5.41) is 3.79. The first kappa shape index (κ1) is 4.37. The smallest absolute Gasteiger partial charge is 0.0592 e. The highest BCUT2D eigenvalue weighted by atomic mass is 15.3. The molecule has 0 radical (unpaired) electrons. The normalized spacial score (nSPS) is 23.3. The van der Waals surface area contributed by atoms with Gasteiger partial charge in [0.25, 0.3) is 0 Å². The molecule has 0 bridgehead atoms. The second-order valence-electron chi connectivity index (χ2n) is 1.46. The number of hydrogen-bond donors (Lipinski definition) is 1. The third-order valence-corrected chi connectivity index (χ3v) is 0.976. The highest BCUT2D eigenvalue weighted by molar-refractivity contribution is 5.80. The molecule has 0 amide bonds. The van der Waals surface area contributed by atoms with Crippen molar-refractivity contribution >= 4 is 6.21 Å². The molecule has 0 aromatic carbocycles. The van der Waals surface area contributed by atoms with Gasteiger partial charge in [-0.15, -0.1) is 0 Å². The van der Waals surface area contributed by atoms with Gasteiger partial charge < -0.3 is 5.43 Å². The minimum Gasteiger partial charge on any atom is -0.306 e. The van der Waals surface area contributed by atoms with E-state index in [0.717, 1.165) is 6.54 Å². The summed E-state index contributed by atoms with van der Waals surface area (Å²) >= 11 is 0. The van der Waals surface area contributed by atoms with Crippen molar-refractivity contribution < 1.29 is 0 Å². The molecule has 0 unspecified atom stereocenters. The van der Waals surface area contributed by atoms with Crippen LogP contribution >= 0.6 is 0 Å². The summed E-state index contributed by atoms with van der Waals surface area (Å²) in [5.74, 6) is 0. The van der Waals surface area contributed by atoms with Gasteiger partial charge in [0.2, 0.25) is 0 Å². The van der Waals surface area contributed by atoms with Crippen molar-refractivity contribution in [1.29, 1.82) is 0 Å². The van der Waals surface area contributed by atoms with E-state index in [4.69, 9.17) is 0 Å². The lowest BCUT2D eigenvalue weighted by Gasteiger charge is -1.83. The van der Waals surface area contributed by atoms with E-state index in [1.54, 1.807) is 0 Å². The van der Waals surface area contributed by atoms with E-state index in [1.807, 2.05) is 19.2 Å². The maximum Gasteiger partial charge on any atom is 0.0592 e. The molecule has 0 spiro atoms. The van der Waals surface area contributed by atoms with Gasteiger partial charge in [-0.25, -0.2) is 0 Å². The van der Waals surface area contributed by atoms with Crippen LogP contribution in [-0.2, 0) is 0 Å². The van der Waals surface area contributed by atoms with Crippen molar-refractivity contribution in [2.75, 3.05) is 6.54 Å². The molecule has 1 aliphatic heterocycles. The van der Waals surface area contributed by atoms with E-state index in [-0.39, 0.29) is 0 Å². The topological polar surface area (TPSA) is 24.4 Å². The molecule has 38 valence electrons. The number of rotatable bonds is 0. The van der Waals surface area contributed by atoms with Crippen molar-refractivity contribution in [3.63, 3.8) is 0 Å². The lowest BCUT2D eigenvalue weighted by atomic mass is 10.3. The number of allylic oxidation sites excluding steroid dienone is 1. The van der Waals surface area contributed by atoms with Crippen LogP contribution in [0.25, 0.3) is 0 Å².